The molecule has 3 aliphatic heterocycles. The quantitative estimate of drug-likeness (QED) is 0.190. The molecule has 3 fully saturated rings. The molecule has 0 radical (unpaired) electrons. The Hall–Kier alpha value is -8.09. The van der Waals surface area contributed by atoms with E-state index in [1.165, 1.54) is 80.5 Å². The number of ketones is 2. The maximum absolute atomic E-state index is 15.1. The normalized spacial score (nSPS) is 27.1. The van der Waals surface area contributed by atoms with Crippen LogP contribution in [0, 0.1) is 35.5 Å². The van der Waals surface area contributed by atoms with Crippen molar-refractivity contribution in [1.29, 1.82) is 0 Å². The average molecular weight is 1380 g/mol. The highest BCUT2D eigenvalue weighted by molar-refractivity contribution is 6.00. The zero-order valence-electron chi connectivity index (χ0n) is 61.4. The van der Waals surface area contributed by atoms with E-state index in [2.05, 4.69) is 21.3 Å². The van der Waals surface area contributed by atoms with Gasteiger partial charge in [0.05, 0.1) is 18.7 Å². The molecule has 5 N–H and O–H groups in total. The van der Waals surface area contributed by atoms with Gasteiger partial charge < -0.3 is 60.7 Å². The van der Waals surface area contributed by atoms with Crippen LogP contribution >= 0.6 is 0 Å². The monoisotopic (exact) mass is 1380 g/mol. The predicted octanol–water partition coefficient (Wildman–Crippen LogP) is 3.95. The summed E-state index contributed by atoms with van der Waals surface area (Å²) in [5, 5.41) is 22.3. The number of likely N-dealkylation sites (N-methyl/N-ethyl adjacent to an activating group) is 5. The van der Waals surface area contributed by atoms with Crippen LogP contribution in [0.5, 0.6) is 0 Å². The SMILES string of the molecule is CC[C@H](C)[C@H]1C(=O)N[C@H](C(=O)N2CCCCC2)CC(=O)C[C@@H](C)C(=O)N[C@@H]([C@@H](C)O)C(=O)N(C)[C@@H](Cc2ccccc2)C(=O)N[C@@H](CC(C)C)C(=O)N2CCC[C@H]2C(=O)N(C)[C@@H](C(C)C)C(=O)C[C@@H](Cc2ccccc2)C(=O)N(C)CC(=O)N(C)[C@@H](CC(C)C)C(=O)N[C@@H](C)C(=O)N1C. The zero-order valence-corrected chi connectivity index (χ0v) is 61.4. The van der Waals surface area contributed by atoms with Gasteiger partial charge in [-0.2, -0.15) is 0 Å². The summed E-state index contributed by atoms with van der Waals surface area (Å²) in [6.45, 7) is 19.0. The molecule has 3 heterocycles. The fraction of sp³-hybridized carbons (Fsp3) is 0.662. The molecule has 99 heavy (non-hydrogen) atoms. The predicted molar refractivity (Wildman–Crippen MR) is 374 cm³/mol. The minimum Gasteiger partial charge on any atom is -0.391 e. The van der Waals surface area contributed by atoms with Crippen LogP contribution in [-0.4, -0.2) is 238 Å². The Balaban J connectivity index is 1.60. The molecule has 11 amide bonds. The number of nitrogens with zero attached hydrogens (tertiary/aromatic N) is 7. The van der Waals surface area contributed by atoms with Crippen LogP contribution in [0.25, 0.3) is 0 Å². The van der Waals surface area contributed by atoms with E-state index in [4.69, 9.17) is 0 Å². The van der Waals surface area contributed by atoms with Gasteiger partial charge in [0.1, 0.15) is 54.1 Å². The van der Waals surface area contributed by atoms with Crippen molar-refractivity contribution in [1.82, 2.24) is 55.6 Å². The summed E-state index contributed by atoms with van der Waals surface area (Å²) in [4.78, 5) is 200. The number of fused-ring (bicyclic) bond motifs is 1. The number of hydrogen-bond acceptors (Lipinski definition) is 14. The van der Waals surface area contributed by atoms with Crippen molar-refractivity contribution in [3.05, 3.63) is 71.8 Å². The fourth-order valence-corrected chi connectivity index (χ4v) is 13.8. The summed E-state index contributed by atoms with van der Waals surface area (Å²) in [5.41, 5.74) is 1.35. The van der Waals surface area contributed by atoms with Crippen molar-refractivity contribution in [2.75, 3.05) is 61.4 Å². The Labute approximate surface area is 586 Å². The number of likely N-dealkylation sites (tertiary alicyclic amines) is 1. The van der Waals surface area contributed by atoms with E-state index in [1.807, 2.05) is 52.8 Å². The Morgan fingerprint density at radius 2 is 1.11 bits per heavy atom. The van der Waals surface area contributed by atoms with Crippen molar-refractivity contribution in [2.24, 2.45) is 35.5 Å². The molecule has 13 atom stereocenters. The number of nitrogens with one attached hydrogen (secondary N) is 4. The van der Waals surface area contributed by atoms with E-state index < -0.39 is 180 Å². The molecule has 0 bridgehead atoms. The number of benzene rings is 2. The summed E-state index contributed by atoms with van der Waals surface area (Å²) in [7, 11) is 7.09. The lowest BCUT2D eigenvalue weighted by atomic mass is 9.87. The van der Waals surface area contributed by atoms with Crippen LogP contribution in [0.15, 0.2) is 60.7 Å². The summed E-state index contributed by atoms with van der Waals surface area (Å²) in [6.07, 6.45) is 0.556. The maximum atomic E-state index is 15.1. The smallest absolute Gasteiger partial charge is 0.248 e. The Kier molecular flexibility index (Phi) is 31.2. The molecule has 25 nitrogen and oxygen atoms in total. The minimum atomic E-state index is -1.67. The second-order valence-electron chi connectivity index (χ2n) is 29.1. The molecule has 0 spiro atoms. The molecule has 0 unspecified atom stereocenters. The van der Waals surface area contributed by atoms with Gasteiger partial charge in [-0.15, -0.1) is 0 Å². The molecular formula is C74H113N11O14. The fourth-order valence-electron chi connectivity index (χ4n) is 13.8. The van der Waals surface area contributed by atoms with E-state index in [0.717, 1.165) is 16.9 Å². The van der Waals surface area contributed by atoms with Gasteiger partial charge >= 0.3 is 0 Å². The van der Waals surface area contributed by atoms with E-state index >= 15 is 14.4 Å². The number of Topliss-reactive ketones (excluding diaryl/α,β-unsaturated/α-hetero) is 2. The van der Waals surface area contributed by atoms with Gasteiger partial charge in [-0.3, -0.25) is 62.3 Å². The van der Waals surface area contributed by atoms with Crippen LogP contribution in [0.2, 0.25) is 0 Å². The molecule has 3 saturated heterocycles. The lowest BCUT2D eigenvalue weighted by Gasteiger charge is -2.37. The van der Waals surface area contributed by atoms with Crippen LogP contribution in [-0.2, 0) is 75.2 Å². The number of piperidine rings is 1. The number of aliphatic hydroxyl groups is 1. The number of rotatable bonds is 13. The summed E-state index contributed by atoms with van der Waals surface area (Å²) in [5.74, 6) is -12.0. The first-order chi connectivity index (χ1) is 46.6. The van der Waals surface area contributed by atoms with Crippen LogP contribution in [0.1, 0.15) is 158 Å². The second-order valence-corrected chi connectivity index (χ2v) is 29.1. The molecule has 0 aromatic heterocycles. The number of carbonyl (C=O) groups excluding carboxylic acids is 13. The lowest BCUT2D eigenvalue weighted by Crippen LogP contribution is -2.61. The third-order valence-electron chi connectivity index (χ3n) is 19.7. The van der Waals surface area contributed by atoms with Crippen molar-refractivity contribution in [2.45, 2.75) is 220 Å². The third-order valence-corrected chi connectivity index (χ3v) is 19.7. The van der Waals surface area contributed by atoms with Crippen LogP contribution < -0.4 is 21.3 Å². The van der Waals surface area contributed by atoms with Crippen LogP contribution in [0.4, 0.5) is 0 Å². The molecule has 548 valence electrons. The largest absolute Gasteiger partial charge is 0.391 e. The average Bonchev–Trinajstić information content (AvgIpc) is 1.79. The number of amides is 11. The third kappa shape index (κ3) is 22.5. The first-order valence-corrected chi connectivity index (χ1v) is 35.5. The van der Waals surface area contributed by atoms with Gasteiger partial charge in [-0.25, -0.2) is 0 Å². The maximum Gasteiger partial charge on any atom is 0.248 e. The highest BCUT2D eigenvalue weighted by Crippen LogP contribution is 2.28. The highest BCUT2D eigenvalue weighted by Gasteiger charge is 2.45. The molecule has 3 aliphatic rings. The van der Waals surface area contributed by atoms with Gasteiger partial charge in [0, 0.05) is 92.4 Å². The van der Waals surface area contributed by atoms with Crippen molar-refractivity contribution < 1.29 is 67.4 Å². The summed E-state index contributed by atoms with van der Waals surface area (Å²) >= 11 is 0. The molecule has 5 rings (SSSR count). The Morgan fingerprint density at radius 1 is 0.545 bits per heavy atom. The van der Waals surface area contributed by atoms with Gasteiger partial charge in [-0.05, 0) is 100 Å². The van der Waals surface area contributed by atoms with E-state index in [9.17, 15) is 53.1 Å². The van der Waals surface area contributed by atoms with E-state index in [1.54, 1.807) is 68.1 Å². The summed E-state index contributed by atoms with van der Waals surface area (Å²) in [6, 6.07) is 6.32. The van der Waals surface area contributed by atoms with Crippen molar-refractivity contribution in [3.8, 4) is 0 Å². The number of carbonyl (C=O) groups is 13. The van der Waals surface area contributed by atoms with Crippen LogP contribution in [0.3, 0.4) is 0 Å². The molecule has 0 aliphatic carbocycles. The summed E-state index contributed by atoms with van der Waals surface area (Å²) < 4.78 is 0. The first kappa shape index (κ1) is 81.6. The van der Waals surface area contributed by atoms with Gasteiger partial charge in [0.15, 0.2) is 5.78 Å². The number of hydrogen-bond donors (Lipinski definition) is 5. The molecule has 2 aromatic carbocycles. The minimum absolute atomic E-state index is 0.0819. The van der Waals surface area contributed by atoms with Crippen molar-refractivity contribution >= 4 is 76.5 Å². The lowest BCUT2D eigenvalue weighted by molar-refractivity contribution is -0.150. The topological polar surface area (TPSA) is 313 Å². The standard InChI is InChI=1S/C74H113N11O14/c1-17-47(8)64-68(93)77-56(71(96)84-33-25-20-26-34-84)42-54(87)38-48(9)65(90)78-62(50(11)86)74(99)81(14)59(40-52-30-23-19-24-31-52)67(92)76-55(36-44(2)3)72(97)85-35-27-32-57(85)73(98)82(15)63(46(6)7)60(88)41-53(39-51-28-21-18-22-29-51)70(95)79(12)43-61(89)80(13)58(37-45(4)5)66(91)75-49(10)69(94)83(64)16/h18-19,21-24,28-31,44-50,53,55-59,62-64,86H,17,20,25-27,32-43H2,1-16H3,(H,75,91)(H,76,92)(H,77,93)(H,78,90)/t47-,48+,49-,50+,53+,55-,56-,57-,58-,59-,62-,63-,64-/m0/s1. The van der Waals surface area contributed by atoms with Gasteiger partial charge in [0.25, 0.3) is 0 Å². The molecular weight excluding hydrogens is 1270 g/mol. The Morgan fingerprint density at radius 3 is 1.67 bits per heavy atom. The molecule has 2 aromatic rings. The second kappa shape index (κ2) is 37.9. The molecule has 0 saturated carbocycles. The number of aliphatic hydroxyl groups excluding tert-OH is 1. The zero-order chi connectivity index (χ0) is 73.9. The van der Waals surface area contributed by atoms with Crippen molar-refractivity contribution in [3.63, 3.8) is 0 Å². The molecule has 25 heteroatoms. The first-order valence-electron chi connectivity index (χ1n) is 35.5. The van der Waals surface area contributed by atoms with E-state index in [-0.39, 0.29) is 56.9 Å². The Bertz CT molecular complexity index is 3140. The van der Waals surface area contributed by atoms with E-state index in [0.29, 0.717) is 44.3 Å². The highest BCUT2D eigenvalue weighted by atomic mass is 16.3. The van der Waals surface area contributed by atoms with Gasteiger partial charge in [-0.1, -0.05) is 129 Å². The van der Waals surface area contributed by atoms with Gasteiger partial charge in [0.2, 0.25) is 65.0 Å².